The first-order chi connectivity index (χ1) is 10.6. The fraction of sp³-hybridized carbons (Fsp3) is 0.500. The standard InChI is InChI=1S/C16H18N2O3S/c1-10-14(19)18(15(22)17-10)11-5-6-12-13(9-11)21-16(20-12)7-3-2-4-8-16/h5-6,9-10H,2-4,7-8H2,1H3,(H,17,22). The number of amides is 1. The number of ether oxygens (including phenoxy) is 2. The van der Waals surface area contributed by atoms with E-state index in [1.165, 1.54) is 11.3 Å². The van der Waals surface area contributed by atoms with Gasteiger partial charge in [-0.1, -0.05) is 6.42 Å². The average molecular weight is 318 g/mol. The molecular formula is C16H18N2O3S. The highest BCUT2D eigenvalue weighted by Crippen LogP contribution is 2.47. The molecule has 2 fully saturated rings. The van der Waals surface area contributed by atoms with E-state index in [2.05, 4.69) is 5.32 Å². The van der Waals surface area contributed by atoms with E-state index in [-0.39, 0.29) is 11.9 Å². The number of nitrogens with one attached hydrogen (secondary N) is 1. The maximum atomic E-state index is 12.2. The fourth-order valence-electron chi connectivity index (χ4n) is 3.37. The summed E-state index contributed by atoms with van der Waals surface area (Å²) in [5.74, 6) is 0.912. The summed E-state index contributed by atoms with van der Waals surface area (Å²) in [6.45, 7) is 1.80. The lowest BCUT2D eigenvalue weighted by molar-refractivity contribution is -0.117. The van der Waals surface area contributed by atoms with E-state index in [4.69, 9.17) is 21.7 Å². The summed E-state index contributed by atoms with van der Waals surface area (Å²) in [5, 5.41) is 3.41. The molecule has 1 aliphatic carbocycles. The first kappa shape index (κ1) is 13.8. The van der Waals surface area contributed by atoms with Crippen LogP contribution < -0.4 is 19.7 Å². The summed E-state index contributed by atoms with van der Waals surface area (Å²) in [4.78, 5) is 13.7. The molecule has 0 radical (unpaired) electrons. The number of hydrogen-bond acceptors (Lipinski definition) is 4. The van der Waals surface area contributed by atoms with Crippen LogP contribution in [0.1, 0.15) is 39.0 Å². The summed E-state index contributed by atoms with van der Waals surface area (Å²) in [6.07, 6.45) is 5.30. The van der Waals surface area contributed by atoms with Gasteiger partial charge in [0.05, 0.1) is 5.69 Å². The van der Waals surface area contributed by atoms with Crippen LogP contribution in [-0.2, 0) is 4.79 Å². The highest BCUT2D eigenvalue weighted by Gasteiger charge is 2.43. The van der Waals surface area contributed by atoms with E-state index >= 15 is 0 Å². The van der Waals surface area contributed by atoms with Gasteiger partial charge in [0.25, 0.3) is 11.7 Å². The van der Waals surface area contributed by atoms with Crippen molar-refractivity contribution in [3.8, 4) is 11.5 Å². The summed E-state index contributed by atoms with van der Waals surface area (Å²) >= 11 is 5.25. The van der Waals surface area contributed by atoms with E-state index < -0.39 is 5.79 Å². The summed E-state index contributed by atoms with van der Waals surface area (Å²) < 4.78 is 12.2. The number of carbonyl (C=O) groups excluding carboxylic acids is 1. The molecule has 6 heteroatoms. The topological polar surface area (TPSA) is 50.8 Å². The van der Waals surface area contributed by atoms with Crippen molar-refractivity contribution in [1.82, 2.24) is 5.32 Å². The summed E-state index contributed by atoms with van der Waals surface area (Å²) in [5.41, 5.74) is 0.724. The Bertz CT molecular complexity index is 655. The molecule has 5 nitrogen and oxygen atoms in total. The predicted octanol–water partition coefficient (Wildman–Crippen LogP) is 2.73. The Balaban J connectivity index is 1.63. The molecule has 22 heavy (non-hydrogen) atoms. The Morgan fingerprint density at radius 2 is 1.95 bits per heavy atom. The SMILES string of the molecule is CC1NC(=S)N(c2ccc3c(c2)OC2(CCCCC2)O3)C1=O. The van der Waals surface area contributed by atoms with E-state index in [0.717, 1.165) is 37.1 Å². The fourth-order valence-corrected chi connectivity index (χ4v) is 3.74. The molecule has 4 rings (SSSR count). The zero-order chi connectivity index (χ0) is 15.3. The van der Waals surface area contributed by atoms with Crippen molar-refractivity contribution in [2.75, 3.05) is 4.90 Å². The lowest BCUT2D eigenvalue weighted by atomic mass is 9.94. The first-order valence-electron chi connectivity index (χ1n) is 7.75. The molecule has 116 valence electrons. The van der Waals surface area contributed by atoms with Crippen molar-refractivity contribution < 1.29 is 14.3 Å². The molecule has 1 aromatic rings. The zero-order valence-electron chi connectivity index (χ0n) is 12.4. The Labute approximate surface area is 134 Å². The molecule has 1 unspecified atom stereocenters. The Morgan fingerprint density at radius 1 is 1.23 bits per heavy atom. The number of benzene rings is 1. The van der Waals surface area contributed by atoms with Crippen molar-refractivity contribution in [1.29, 1.82) is 0 Å². The van der Waals surface area contributed by atoms with Crippen LogP contribution in [0.15, 0.2) is 18.2 Å². The molecule has 1 atom stereocenters. The minimum Gasteiger partial charge on any atom is -0.448 e. The van der Waals surface area contributed by atoms with Crippen molar-refractivity contribution in [2.24, 2.45) is 0 Å². The second-order valence-electron chi connectivity index (χ2n) is 6.15. The molecule has 1 N–H and O–H groups in total. The molecule has 3 aliphatic rings. The molecule has 1 aromatic carbocycles. The molecule has 1 saturated heterocycles. The number of hydrogen-bond donors (Lipinski definition) is 1. The van der Waals surface area contributed by atoms with E-state index in [9.17, 15) is 4.79 Å². The van der Waals surface area contributed by atoms with Crippen LogP contribution in [0.25, 0.3) is 0 Å². The molecule has 0 bridgehead atoms. The third kappa shape index (κ3) is 2.05. The van der Waals surface area contributed by atoms with Crippen LogP contribution in [0, 0.1) is 0 Å². The second-order valence-corrected chi connectivity index (χ2v) is 6.54. The normalized spacial score (nSPS) is 25.7. The van der Waals surface area contributed by atoms with Crippen LogP contribution in [0.3, 0.4) is 0 Å². The monoisotopic (exact) mass is 318 g/mol. The molecule has 2 heterocycles. The molecule has 0 aromatic heterocycles. The highest BCUT2D eigenvalue weighted by atomic mass is 32.1. The van der Waals surface area contributed by atoms with Gasteiger partial charge in [0.1, 0.15) is 6.04 Å². The first-order valence-corrected chi connectivity index (χ1v) is 8.15. The second kappa shape index (κ2) is 4.84. The van der Waals surface area contributed by atoms with Crippen LogP contribution in [-0.4, -0.2) is 22.8 Å². The van der Waals surface area contributed by atoms with E-state index in [1.807, 2.05) is 18.2 Å². The maximum absolute atomic E-state index is 12.2. The number of anilines is 1. The molecule has 2 aliphatic heterocycles. The van der Waals surface area contributed by atoms with E-state index in [1.54, 1.807) is 6.92 Å². The predicted molar refractivity (Wildman–Crippen MR) is 86.2 cm³/mol. The van der Waals surface area contributed by atoms with Crippen molar-refractivity contribution >= 4 is 28.9 Å². The Hall–Kier alpha value is -1.82. The van der Waals surface area contributed by atoms with Gasteiger partial charge >= 0.3 is 0 Å². The minimum absolute atomic E-state index is 0.0451. The van der Waals surface area contributed by atoms with Crippen LogP contribution >= 0.6 is 12.2 Å². The number of rotatable bonds is 1. The van der Waals surface area contributed by atoms with Gasteiger partial charge in [0, 0.05) is 18.9 Å². The lowest BCUT2D eigenvalue weighted by Crippen LogP contribution is -2.40. The van der Waals surface area contributed by atoms with Crippen molar-refractivity contribution in [3.63, 3.8) is 0 Å². The number of fused-ring (bicyclic) bond motifs is 1. The zero-order valence-corrected chi connectivity index (χ0v) is 13.2. The van der Waals surface area contributed by atoms with Crippen molar-refractivity contribution in [2.45, 2.75) is 50.9 Å². The van der Waals surface area contributed by atoms with E-state index in [0.29, 0.717) is 10.9 Å². The maximum Gasteiger partial charge on any atom is 0.255 e. The average Bonchev–Trinajstić information content (AvgIpc) is 2.96. The van der Waals surface area contributed by atoms with Gasteiger partial charge in [-0.05, 0) is 44.1 Å². The molecule has 1 spiro atoms. The number of nitrogens with zero attached hydrogens (tertiary/aromatic N) is 1. The summed E-state index contributed by atoms with van der Waals surface area (Å²) in [7, 11) is 0. The van der Waals surface area contributed by atoms with Crippen molar-refractivity contribution in [3.05, 3.63) is 18.2 Å². The van der Waals surface area contributed by atoms with Gasteiger partial charge in [0.15, 0.2) is 16.6 Å². The molecular weight excluding hydrogens is 300 g/mol. The largest absolute Gasteiger partial charge is 0.448 e. The van der Waals surface area contributed by atoms with Gasteiger partial charge in [-0.3, -0.25) is 9.69 Å². The third-order valence-electron chi connectivity index (χ3n) is 4.53. The lowest BCUT2D eigenvalue weighted by Gasteiger charge is -2.31. The minimum atomic E-state index is -0.500. The van der Waals surface area contributed by atoms with Crippen LogP contribution in [0.4, 0.5) is 5.69 Å². The van der Waals surface area contributed by atoms with Gasteiger partial charge in [-0.2, -0.15) is 0 Å². The smallest absolute Gasteiger partial charge is 0.255 e. The van der Waals surface area contributed by atoms with Gasteiger partial charge in [0.2, 0.25) is 0 Å². The molecule has 1 amide bonds. The Morgan fingerprint density at radius 3 is 2.64 bits per heavy atom. The molecule has 1 saturated carbocycles. The van der Waals surface area contributed by atoms with Gasteiger partial charge < -0.3 is 14.8 Å². The highest BCUT2D eigenvalue weighted by molar-refractivity contribution is 7.80. The van der Waals surface area contributed by atoms with Crippen LogP contribution in [0.2, 0.25) is 0 Å². The van der Waals surface area contributed by atoms with Crippen LogP contribution in [0.5, 0.6) is 11.5 Å². The van der Waals surface area contributed by atoms with Gasteiger partial charge in [-0.25, -0.2) is 0 Å². The Kier molecular flexibility index (Phi) is 3.04. The van der Waals surface area contributed by atoms with Gasteiger partial charge in [-0.15, -0.1) is 0 Å². The number of carbonyl (C=O) groups is 1. The third-order valence-corrected chi connectivity index (χ3v) is 4.83. The summed E-state index contributed by atoms with van der Waals surface area (Å²) in [6, 6.07) is 5.28. The quantitative estimate of drug-likeness (QED) is 0.807. The number of thiocarbonyl (C=S) groups is 1.